The SMILES string of the molecule is CCCCCCCC(CC(=O)Cl)O[C@@H]1O[C@@H](C)[C@H](OC(C)=O)[C@@H](OC(C)=O)[C@H]1O[C@@H]1O[C@@H](C)[C@H](OC(C)=O)[C@@H](OC(C)=O)[C@H]1OC(C)=O. The molecule has 0 aromatic heterocycles. The zero-order valence-electron chi connectivity index (χ0n) is 28.8. The molecule has 2 saturated heterocycles. The molecule has 2 heterocycles. The van der Waals surface area contributed by atoms with E-state index in [-0.39, 0.29) is 6.42 Å². The maximum atomic E-state index is 12.4. The third-order valence-corrected chi connectivity index (χ3v) is 7.75. The van der Waals surface area contributed by atoms with Gasteiger partial charge in [-0.3, -0.25) is 28.8 Å². The van der Waals surface area contributed by atoms with Crippen LogP contribution in [0.2, 0.25) is 0 Å². The lowest BCUT2D eigenvalue weighted by Gasteiger charge is -2.48. The molecule has 0 saturated carbocycles. The molecule has 0 N–H and O–H groups in total. The van der Waals surface area contributed by atoms with E-state index in [1.54, 1.807) is 6.92 Å². The van der Waals surface area contributed by atoms with Crippen LogP contribution in [-0.4, -0.2) is 103 Å². The third-order valence-electron chi connectivity index (χ3n) is 7.60. The van der Waals surface area contributed by atoms with Crippen LogP contribution in [0.25, 0.3) is 0 Å². The summed E-state index contributed by atoms with van der Waals surface area (Å²) in [5, 5.41) is -0.649. The molecular formula is C32H49ClO15. The van der Waals surface area contributed by atoms with Crippen LogP contribution in [0.4, 0.5) is 0 Å². The van der Waals surface area contributed by atoms with Crippen LogP contribution in [0.1, 0.15) is 100 Å². The Labute approximate surface area is 285 Å². The van der Waals surface area contributed by atoms with Crippen LogP contribution in [0.5, 0.6) is 0 Å². The van der Waals surface area contributed by atoms with E-state index in [9.17, 15) is 28.8 Å². The van der Waals surface area contributed by atoms with Gasteiger partial charge in [0.1, 0.15) is 0 Å². The smallest absolute Gasteiger partial charge is 0.303 e. The maximum Gasteiger partial charge on any atom is 0.303 e. The summed E-state index contributed by atoms with van der Waals surface area (Å²) in [5.41, 5.74) is 0. The average Bonchev–Trinajstić information content (AvgIpc) is 2.95. The van der Waals surface area contributed by atoms with Crippen molar-refractivity contribution in [3.63, 3.8) is 0 Å². The minimum Gasteiger partial charge on any atom is -0.456 e. The van der Waals surface area contributed by atoms with E-state index in [0.717, 1.165) is 60.3 Å². The van der Waals surface area contributed by atoms with E-state index in [4.69, 9.17) is 54.2 Å². The van der Waals surface area contributed by atoms with Gasteiger partial charge in [0.05, 0.1) is 18.3 Å². The molecule has 0 aromatic carbocycles. The van der Waals surface area contributed by atoms with E-state index in [1.807, 2.05) is 0 Å². The summed E-state index contributed by atoms with van der Waals surface area (Å²) in [5.74, 6) is -3.78. The first-order valence-corrected chi connectivity index (χ1v) is 16.6. The molecule has 15 nitrogen and oxygen atoms in total. The number of esters is 5. The highest BCUT2D eigenvalue weighted by molar-refractivity contribution is 6.63. The molecule has 48 heavy (non-hydrogen) atoms. The standard InChI is InChI=1S/C32H49ClO15/c1-9-10-11-12-13-14-23(15-24(33)39)47-31-30(28(45-21(7)37)26(16(2)40-31)43-19(5)35)48-32-29(46-22(8)38)27(44-20(6)36)25(17(3)41-32)42-18(4)34/h16-17,23,25-32H,9-15H2,1-8H3/t16-,17-,23?,25-,26-,27+,28+,29+,30+,31-,32-/m0/s1. The van der Waals surface area contributed by atoms with Gasteiger partial charge in [0, 0.05) is 41.0 Å². The van der Waals surface area contributed by atoms with Gasteiger partial charge in [-0.15, -0.1) is 0 Å². The van der Waals surface area contributed by atoms with Crippen LogP contribution in [0.3, 0.4) is 0 Å². The Hall–Kier alpha value is -2.85. The Morgan fingerprint density at radius 3 is 1.46 bits per heavy atom. The topological polar surface area (TPSA) is 185 Å². The fraction of sp³-hybridized carbons (Fsp3) is 0.812. The lowest BCUT2D eigenvalue weighted by molar-refractivity contribution is -0.367. The lowest BCUT2D eigenvalue weighted by atomic mass is 9.96. The van der Waals surface area contributed by atoms with Crippen molar-refractivity contribution in [3.05, 3.63) is 0 Å². The van der Waals surface area contributed by atoms with E-state index in [2.05, 4.69) is 6.92 Å². The second kappa shape index (κ2) is 20.0. The molecule has 2 rings (SSSR count). The fourth-order valence-electron chi connectivity index (χ4n) is 5.70. The van der Waals surface area contributed by atoms with Crippen LogP contribution < -0.4 is 0 Å². The van der Waals surface area contributed by atoms with Crippen molar-refractivity contribution in [1.82, 2.24) is 0 Å². The van der Waals surface area contributed by atoms with Crippen LogP contribution in [-0.2, 0) is 71.4 Å². The van der Waals surface area contributed by atoms with Gasteiger partial charge in [-0.05, 0) is 31.9 Å². The molecule has 0 bridgehead atoms. The molecule has 0 spiro atoms. The van der Waals surface area contributed by atoms with Crippen molar-refractivity contribution in [2.75, 3.05) is 0 Å². The number of carbonyl (C=O) groups excluding carboxylic acids is 6. The minimum absolute atomic E-state index is 0.173. The van der Waals surface area contributed by atoms with Crippen molar-refractivity contribution >= 4 is 46.7 Å². The number of hydrogen-bond donors (Lipinski definition) is 0. The fourth-order valence-corrected chi connectivity index (χ4v) is 5.88. The predicted molar refractivity (Wildman–Crippen MR) is 165 cm³/mol. The summed E-state index contributed by atoms with van der Waals surface area (Å²) >= 11 is 5.78. The molecule has 0 aliphatic carbocycles. The minimum atomic E-state index is -1.56. The number of hydrogen-bond acceptors (Lipinski definition) is 15. The van der Waals surface area contributed by atoms with Gasteiger partial charge in [0.25, 0.3) is 0 Å². The Bertz CT molecular complexity index is 1120. The average molecular weight is 709 g/mol. The number of rotatable bonds is 17. The number of unbranched alkanes of at least 4 members (excludes halogenated alkanes) is 4. The first kappa shape index (κ1) is 41.3. The number of halogens is 1. The van der Waals surface area contributed by atoms with Crippen LogP contribution in [0, 0.1) is 0 Å². The highest BCUT2D eigenvalue weighted by atomic mass is 35.5. The van der Waals surface area contributed by atoms with Gasteiger partial charge >= 0.3 is 29.8 Å². The van der Waals surface area contributed by atoms with Gasteiger partial charge in [-0.25, -0.2) is 0 Å². The van der Waals surface area contributed by atoms with E-state index in [0.29, 0.717) is 12.8 Å². The molecule has 16 heteroatoms. The van der Waals surface area contributed by atoms with Gasteiger partial charge in [-0.2, -0.15) is 0 Å². The number of ether oxygens (including phenoxy) is 9. The third kappa shape index (κ3) is 13.2. The summed E-state index contributed by atoms with van der Waals surface area (Å²) in [4.78, 5) is 73.0. The Morgan fingerprint density at radius 2 is 1.00 bits per heavy atom. The zero-order chi connectivity index (χ0) is 36.1. The van der Waals surface area contributed by atoms with Crippen LogP contribution in [0.15, 0.2) is 0 Å². The van der Waals surface area contributed by atoms with Crippen LogP contribution >= 0.6 is 11.6 Å². The summed E-state index contributed by atoms with van der Waals surface area (Å²) in [7, 11) is 0. The Kier molecular flexibility index (Phi) is 17.2. The summed E-state index contributed by atoms with van der Waals surface area (Å²) < 4.78 is 52.4. The molecule has 2 aliphatic rings. The molecule has 274 valence electrons. The molecule has 2 aliphatic heterocycles. The van der Waals surface area contributed by atoms with Crippen molar-refractivity contribution in [3.8, 4) is 0 Å². The molecule has 0 aromatic rings. The van der Waals surface area contributed by atoms with Gasteiger partial charge < -0.3 is 42.6 Å². The largest absolute Gasteiger partial charge is 0.456 e. The first-order valence-electron chi connectivity index (χ1n) is 16.2. The Morgan fingerprint density at radius 1 is 0.583 bits per heavy atom. The first-order chi connectivity index (χ1) is 22.5. The van der Waals surface area contributed by atoms with Gasteiger partial charge in [0.15, 0.2) is 49.2 Å². The normalized spacial score (nSPS) is 30.8. The molecule has 2 fully saturated rings. The summed E-state index contributed by atoms with van der Waals surface area (Å²) in [6.07, 6.45) is -8.77. The summed E-state index contributed by atoms with van der Waals surface area (Å²) in [6, 6.07) is 0. The van der Waals surface area contributed by atoms with Gasteiger partial charge in [-0.1, -0.05) is 39.0 Å². The van der Waals surface area contributed by atoms with E-state index < -0.39 is 103 Å². The zero-order valence-corrected chi connectivity index (χ0v) is 29.6. The second-order valence-electron chi connectivity index (χ2n) is 11.9. The monoisotopic (exact) mass is 708 g/mol. The maximum absolute atomic E-state index is 12.4. The predicted octanol–water partition coefficient (Wildman–Crippen LogP) is 3.42. The molecule has 0 amide bonds. The Balaban J connectivity index is 2.59. The van der Waals surface area contributed by atoms with E-state index in [1.165, 1.54) is 6.92 Å². The molecule has 1 unspecified atom stereocenters. The van der Waals surface area contributed by atoms with Crippen molar-refractivity contribution in [2.24, 2.45) is 0 Å². The van der Waals surface area contributed by atoms with E-state index >= 15 is 0 Å². The van der Waals surface area contributed by atoms with Crippen molar-refractivity contribution in [2.45, 2.75) is 168 Å². The molecule has 0 radical (unpaired) electrons. The second-order valence-corrected chi connectivity index (χ2v) is 12.3. The highest BCUT2D eigenvalue weighted by Crippen LogP contribution is 2.36. The number of carbonyl (C=O) groups is 6. The van der Waals surface area contributed by atoms with Crippen molar-refractivity contribution in [1.29, 1.82) is 0 Å². The highest BCUT2D eigenvalue weighted by Gasteiger charge is 2.56. The molecular weight excluding hydrogens is 660 g/mol. The van der Waals surface area contributed by atoms with Gasteiger partial charge in [0.2, 0.25) is 5.24 Å². The lowest BCUT2D eigenvalue weighted by Crippen LogP contribution is -2.66. The molecule has 11 atom stereocenters. The summed E-state index contributed by atoms with van der Waals surface area (Å²) in [6.45, 7) is 10.9. The van der Waals surface area contributed by atoms with Crippen molar-refractivity contribution < 1.29 is 71.4 Å². The quantitative estimate of drug-likeness (QED) is 0.0925.